The average molecular weight is 366 g/mol. The fraction of sp³-hybridized carbons (Fsp3) is 0.350. The highest BCUT2D eigenvalue weighted by atomic mass is 16.4. The highest BCUT2D eigenvalue weighted by Crippen LogP contribution is 2.24. The van der Waals surface area contributed by atoms with Gasteiger partial charge in [-0.2, -0.15) is 0 Å². The van der Waals surface area contributed by atoms with E-state index in [1.165, 1.54) is 4.57 Å². The smallest absolute Gasteiger partial charge is 0.408 e. The van der Waals surface area contributed by atoms with Gasteiger partial charge in [-0.1, -0.05) is 6.07 Å². The number of hydrogen-bond acceptors (Lipinski definition) is 5. The molecule has 0 radical (unpaired) electrons. The number of fused-ring (bicyclic) bond motifs is 1. The van der Waals surface area contributed by atoms with E-state index in [1.54, 1.807) is 25.2 Å². The first-order valence-corrected chi connectivity index (χ1v) is 9.09. The fourth-order valence-electron chi connectivity index (χ4n) is 3.47. The van der Waals surface area contributed by atoms with Gasteiger partial charge in [0.1, 0.15) is 5.82 Å². The summed E-state index contributed by atoms with van der Waals surface area (Å²) < 4.78 is 6.62. The summed E-state index contributed by atoms with van der Waals surface area (Å²) in [6.07, 6.45) is 3.43. The molecule has 1 aliphatic rings. The van der Waals surface area contributed by atoms with Crippen LogP contribution in [0, 0.1) is 12.8 Å². The highest BCUT2D eigenvalue weighted by molar-refractivity contribution is 5.94. The Bertz CT molecular complexity index is 1030. The van der Waals surface area contributed by atoms with E-state index in [2.05, 4.69) is 21.3 Å². The van der Waals surface area contributed by atoms with Crippen molar-refractivity contribution in [2.45, 2.75) is 19.8 Å². The summed E-state index contributed by atoms with van der Waals surface area (Å²) >= 11 is 0. The molecule has 1 aromatic carbocycles. The highest BCUT2D eigenvalue weighted by Gasteiger charge is 2.25. The number of hydrogen-bond donors (Lipinski definition) is 1. The Kier molecular flexibility index (Phi) is 4.43. The lowest BCUT2D eigenvalue weighted by molar-refractivity contribution is -0.120. The van der Waals surface area contributed by atoms with Gasteiger partial charge in [-0.15, -0.1) is 0 Å². The normalized spacial score (nSPS) is 15.3. The number of rotatable bonds is 3. The van der Waals surface area contributed by atoms with Crippen LogP contribution in [-0.4, -0.2) is 28.5 Å². The maximum Gasteiger partial charge on any atom is 0.419 e. The molecule has 140 valence electrons. The lowest BCUT2D eigenvalue weighted by atomic mass is 9.95. The van der Waals surface area contributed by atoms with Crippen LogP contribution in [-0.2, 0) is 11.8 Å². The molecule has 0 unspecified atom stereocenters. The van der Waals surface area contributed by atoms with Crippen molar-refractivity contribution in [2.75, 3.05) is 23.3 Å². The van der Waals surface area contributed by atoms with Crippen molar-refractivity contribution >= 4 is 28.5 Å². The molecule has 0 spiro atoms. The van der Waals surface area contributed by atoms with Gasteiger partial charge in [0.2, 0.25) is 5.91 Å². The van der Waals surface area contributed by atoms with Crippen molar-refractivity contribution < 1.29 is 9.21 Å². The van der Waals surface area contributed by atoms with Gasteiger partial charge in [0.15, 0.2) is 5.58 Å². The molecule has 1 N–H and O–H groups in total. The molecule has 0 bridgehead atoms. The number of nitrogens with zero attached hydrogens (tertiary/aromatic N) is 3. The standard InChI is InChI=1S/C20H22N4O3/c1-13-3-6-18(21-12-13)24-9-7-14(8-10-24)19(25)22-15-4-5-16-17(11-15)27-20(26)23(16)2/h3-6,11-12,14H,7-10H2,1-2H3,(H,22,25). The largest absolute Gasteiger partial charge is 0.419 e. The van der Waals surface area contributed by atoms with Crippen molar-refractivity contribution in [1.29, 1.82) is 0 Å². The summed E-state index contributed by atoms with van der Waals surface area (Å²) in [4.78, 5) is 30.9. The number of benzene rings is 1. The number of anilines is 2. The van der Waals surface area contributed by atoms with E-state index in [0.29, 0.717) is 16.8 Å². The van der Waals surface area contributed by atoms with E-state index in [9.17, 15) is 9.59 Å². The van der Waals surface area contributed by atoms with Crippen LogP contribution in [0.3, 0.4) is 0 Å². The Morgan fingerprint density at radius 3 is 2.70 bits per heavy atom. The molecule has 7 heteroatoms. The number of nitrogens with one attached hydrogen (secondary N) is 1. The van der Waals surface area contributed by atoms with Gasteiger partial charge in [0, 0.05) is 44.0 Å². The van der Waals surface area contributed by atoms with Crippen LogP contribution in [0.15, 0.2) is 45.7 Å². The number of carbonyl (C=O) groups is 1. The van der Waals surface area contributed by atoms with Crippen molar-refractivity contribution in [3.63, 3.8) is 0 Å². The van der Waals surface area contributed by atoms with Crippen LogP contribution in [0.25, 0.3) is 11.1 Å². The number of piperidine rings is 1. The molecule has 1 amide bonds. The van der Waals surface area contributed by atoms with Gasteiger partial charge < -0.3 is 14.6 Å². The Morgan fingerprint density at radius 2 is 2.00 bits per heavy atom. The minimum absolute atomic E-state index is 0.00384. The summed E-state index contributed by atoms with van der Waals surface area (Å²) in [5, 5.41) is 2.95. The predicted octanol–water partition coefficient (Wildman–Crippen LogP) is 2.69. The molecular formula is C20H22N4O3. The zero-order valence-electron chi connectivity index (χ0n) is 15.4. The molecule has 1 saturated heterocycles. The zero-order chi connectivity index (χ0) is 19.0. The summed E-state index contributed by atoms with van der Waals surface area (Å²) in [5.74, 6) is 0.517. The van der Waals surface area contributed by atoms with Gasteiger partial charge in [-0.05, 0) is 43.5 Å². The molecule has 3 heterocycles. The van der Waals surface area contributed by atoms with Gasteiger partial charge in [0.05, 0.1) is 5.52 Å². The zero-order valence-corrected chi connectivity index (χ0v) is 15.4. The summed E-state index contributed by atoms with van der Waals surface area (Å²) in [6.45, 7) is 3.63. The van der Waals surface area contributed by atoms with E-state index in [-0.39, 0.29) is 11.8 Å². The second-order valence-electron chi connectivity index (χ2n) is 7.05. The summed E-state index contributed by atoms with van der Waals surface area (Å²) in [5.41, 5.74) is 2.96. The molecule has 1 aliphatic heterocycles. The van der Waals surface area contributed by atoms with E-state index >= 15 is 0 Å². The van der Waals surface area contributed by atoms with E-state index in [0.717, 1.165) is 37.3 Å². The number of amides is 1. The molecule has 4 rings (SSSR count). The predicted molar refractivity (Wildman–Crippen MR) is 104 cm³/mol. The lowest BCUT2D eigenvalue weighted by Crippen LogP contribution is -2.38. The third-order valence-electron chi connectivity index (χ3n) is 5.15. The monoisotopic (exact) mass is 366 g/mol. The first kappa shape index (κ1) is 17.3. The van der Waals surface area contributed by atoms with Crippen molar-refractivity contribution in [2.24, 2.45) is 13.0 Å². The third-order valence-corrected chi connectivity index (χ3v) is 5.15. The number of aryl methyl sites for hydroxylation is 2. The molecule has 0 atom stereocenters. The van der Waals surface area contributed by atoms with Crippen molar-refractivity contribution in [3.05, 3.63) is 52.6 Å². The maximum absolute atomic E-state index is 12.6. The molecule has 0 saturated carbocycles. The first-order valence-electron chi connectivity index (χ1n) is 9.09. The minimum Gasteiger partial charge on any atom is -0.408 e. The Morgan fingerprint density at radius 1 is 1.22 bits per heavy atom. The molecule has 7 nitrogen and oxygen atoms in total. The van der Waals surface area contributed by atoms with Gasteiger partial charge >= 0.3 is 5.76 Å². The Hall–Kier alpha value is -3.09. The SMILES string of the molecule is Cc1ccc(N2CCC(C(=O)Nc3ccc4c(c3)oc(=O)n4C)CC2)nc1. The third kappa shape index (κ3) is 3.45. The average Bonchev–Trinajstić information content (AvgIpc) is 2.96. The second kappa shape index (κ2) is 6.90. The van der Waals surface area contributed by atoms with Crippen LogP contribution in [0.5, 0.6) is 0 Å². The van der Waals surface area contributed by atoms with E-state index in [1.807, 2.05) is 19.2 Å². The van der Waals surface area contributed by atoms with Crippen molar-refractivity contribution in [3.8, 4) is 0 Å². The minimum atomic E-state index is -0.412. The van der Waals surface area contributed by atoms with Crippen LogP contribution < -0.4 is 16.0 Å². The van der Waals surface area contributed by atoms with Gasteiger partial charge in [-0.3, -0.25) is 9.36 Å². The lowest BCUT2D eigenvalue weighted by Gasteiger charge is -2.32. The maximum atomic E-state index is 12.6. The van der Waals surface area contributed by atoms with Crippen molar-refractivity contribution in [1.82, 2.24) is 9.55 Å². The second-order valence-corrected chi connectivity index (χ2v) is 7.05. The molecule has 1 fully saturated rings. The molecule has 27 heavy (non-hydrogen) atoms. The summed E-state index contributed by atoms with van der Waals surface area (Å²) in [7, 11) is 1.66. The quantitative estimate of drug-likeness (QED) is 0.771. The van der Waals surface area contributed by atoms with E-state index in [4.69, 9.17) is 4.42 Å². The summed E-state index contributed by atoms with van der Waals surface area (Å²) in [6, 6.07) is 9.35. The number of carbonyl (C=O) groups excluding carboxylic acids is 1. The van der Waals surface area contributed by atoms with Gasteiger partial charge in [0.25, 0.3) is 0 Å². The first-order chi connectivity index (χ1) is 13.0. The number of pyridine rings is 1. The van der Waals surface area contributed by atoms with Crippen LogP contribution in [0.2, 0.25) is 0 Å². The molecule has 0 aliphatic carbocycles. The topological polar surface area (TPSA) is 80.4 Å². The molecule has 3 aromatic rings. The van der Waals surface area contributed by atoms with Crippen LogP contribution in [0.1, 0.15) is 18.4 Å². The Balaban J connectivity index is 1.39. The van der Waals surface area contributed by atoms with Crippen LogP contribution in [0.4, 0.5) is 11.5 Å². The Labute approximate surface area is 156 Å². The fourth-order valence-corrected chi connectivity index (χ4v) is 3.47. The number of aromatic nitrogens is 2. The van der Waals surface area contributed by atoms with Gasteiger partial charge in [-0.25, -0.2) is 9.78 Å². The number of oxazole rings is 1. The molecular weight excluding hydrogens is 344 g/mol. The van der Waals surface area contributed by atoms with Crippen LogP contribution >= 0.6 is 0 Å². The molecule has 2 aromatic heterocycles. The van der Waals surface area contributed by atoms with E-state index < -0.39 is 5.76 Å².